The van der Waals surface area contributed by atoms with E-state index in [1.165, 1.54) is 0 Å². The van der Waals surface area contributed by atoms with Crippen molar-refractivity contribution >= 4 is 11.8 Å². The summed E-state index contributed by atoms with van der Waals surface area (Å²) in [5.74, 6) is 0.653. The van der Waals surface area contributed by atoms with E-state index in [0.717, 1.165) is 16.9 Å². The molecular formula is C23H24N4O3. The molecule has 7 nitrogen and oxygen atoms in total. The molecule has 1 aliphatic heterocycles. The van der Waals surface area contributed by atoms with Crippen LogP contribution in [0.25, 0.3) is 0 Å². The van der Waals surface area contributed by atoms with Gasteiger partial charge >= 0.3 is 0 Å². The second kappa shape index (κ2) is 8.82. The van der Waals surface area contributed by atoms with Gasteiger partial charge in [-0.15, -0.1) is 0 Å². The van der Waals surface area contributed by atoms with Gasteiger partial charge in [0.15, 0.2) is 5.82 Å². The lowest BCUT2D eigenvalue weighted by atomic mass is 10.2. The molecule has 30 heavy (non-hydrogen) atoms. The molecule has 7 heteroatoms. The number of nitrogens with zero attached hydrogens (tertiary/aromatic N) is 3. The molecule has 0 unspecified atom stereocenters. The number of hydrogen-bond donors (Lipinski definition) is 1. The van der Waals surface area contributed by atoms with Crippen LogP contribution >= 0.6 is 0 Å². The Hall–Kier alpha value is -3.61. The van der Waals surface area contributed by atoms with Gasteiger partial charge in [-0.2, -0.15) is 0 Å². The van der Waals surface area contributed by atoms with Crippen LogP contribution in [0.15, 0.2) is 60.8 Å². The van der Waals surface area contributed by atoms with E-state index in [1.54, 1.807) is 15.7 Å². The zero-order chi connectivity index (χ0) is 20.9. The lowest BCUT2D eigenvalue weighted by molar-refractivity contribution is 0.0683. The van der Waals surface area contributed by atoms with E-state index in [9.17, 15) is 9.59 Å². The maximum atomic E-state index is 12.8. The number of imidazole rings is 1. The Labute approximate surface area is 175 Å². The molecule has 1 N–H and O–H groups in total. The highest BCUT2D eigenvalue weighted by Crippen LogP contribution is 2.16. The summed E-state index contributed by atoms with van der Waals surface area (Å²) in [6, 6.07) is 17.4. The number of nitrogens with one attached hydrogen (secondary N) is 1. The predicted octanol–water partition coefficient (Wildman–Crippen LogP) is 2.87. The predicted molar refractivity (Wildman–Crippen MR) is 112 cm³/mol. The van der Waals surface area contributed by atoms with E-state index in [0.29, 0.717) is 38.6 Å². The van der Waals surface area contributed by atoms with Gasteiger partial charge in [0.2, 0.25) is 0 Å². The molecule has 2 heterocycles. The summed E-state index contributed by atoms with van der Waals surface area (Å²) >= 11 is 0. The number of aromatic nitrogens is 2. The van der Waals surface area contributed by atoms with Crippen molar-refractivity contribution in [1.29, 1.82) is 0 Å². The Bertz CT molecular complexity index is 1030. The third-order valence-corrected chi connectivity index (χ3v) is 5.00. The summed E-state index contributed by atoms with van der Waals surface area (Å²) in [7, 11) is 0. The zero-order valence-electron chi connectivity index (χ0n) is 16.9. The maximum Gasteiger partial charge on any atom is 0.290 e. The molecule has 4 rings (SSSR count). The van der Waals surface area contributed by atoms with Gasteiger partial charge in [-0.25, -0.2) is 4.98 Å². The standard InChI is InChI=1S/C23H24N4O3/c1-2-30-19-10-8-17(9-11-19)14-24-22(28)20-16-26-12-13-27(23(29)21(26)25-20)15-18-6-4-3-5-7-18/h3-11,16H,2,12-15H2,1H3,(H,24,28). The summed E-state index contributed by atoms with van der Waals surface area (Å²) in [5, 5.41) is 2.86. The van der Waals surface area contributed by atoms with Crippen LogP contribution in [0.3, 0.4) is 0 Å². The summed E-state index contributed by atoms with van der Waals surface area (Å²) in [6.45, 7) is 4.66. The quantitative estimate of drug-likeness (QED) is 0.657. The average molecular weight is 404 g/mol. The molecule has 0 radical (unpaired) electrons. The van der Waals surface area contributed by atoms with Gasteiger partial charge in [-0.1, -0.05) is 42.5 Å². The summed E-state index contributed by atoms with van der Waals surface area (Å²) in [6.07, 6.45) is 1.65. The van der Waals surface area contributed by atoms with Crippen molar-refractivity contribution in [3.05, 3.63) is 83.4 Å². The zero-order valence-corrected chi connectivity index (χ0v) is 16.9. The molecule has 1 aliphatic rings. The van der Waals surface area contributed by atoms with Crippen molar-refractivity contribution in [3.63, 3.8) is 0 Å². The summed E-state index contributed by atoms with van der Waals surface area (Å²) in [5.41, 5.74) is 2.28. The largest absolute Gasteiger partial charge is 0.494 e. The number of fused-ring (bicyclic) bond motifs is 1. The topological polar surface area (TPSA) is 76.5 Å². The molecular weight excluding hydrogens is 380 g/mol. The minimum absolute atomic E-state index is 0.157. The first-order valence-corrected chi connectivity index (χ1v) is 10.0. The molecule has 0 fully saturated rings. The lowest BCUT2D eigenvalue weighted by Crippen LogP contribution is -2.39. The number of carbonyl (C=O) groups excluding carboxylic acids is 2. The van der Waals surface area contributed by atoms with E-state index in [2.05, 4.69) is 10.3 Å². The first-order valence-electron chi connectivity index (χ1n) is 10.0. The highest BCUT2D eigenvalue weighted by atomic mass is 16.5. The van der Waals surface area contributed by atoms with Gasteiger partial charge in [0, 0.05) is 32.4 Å². The third-order valence-electron chi connectivity index (χ3n) is 5.00. The van der Waals surface area contributed by atoms with E-state index < -0.39 is 0 Å². The molecule has 2 amide bonds. The molecule has 0 bridgehead atoms. The fraction of sp³-hybridized carbons (Fsp3) is 0.261. The number of amides is 2. The molecule has 0 saturated carbocycles. The number of carbonyl (C=O) groups is 2. The van der Waals surface area contributed by atoms with Crippen LogP contribution in [0.1, 0.15) is 39.2 Å². The Morgan fingerprint density at radius 3 is 2.57 bits per heavy atom. The van der Waals surface area contributed by atoms with Crippen molar-refractivity contribution in [1.82, 2.24) is 19.8 Å². The Morgan fingerprint density at radius 2 is 1.83 bits per heavy atom. The number of hydrogen-bond acceptors (Lipinski definition) is 4. The number of rotatable bonds is 7. The summed E-state index contributed by atoms with van der Waals surface area (Å²) in [4.78, 5) is 31.4. The van der Waals surface area contributed by atoms with Crippen LogP contribution in [0.2, 0.25) is 0 Å². The molecule has 1 aromatic heterocycles. The van der Waals surface area contributed by atoms with Crippen LogP contribution in [0, 0.1) is 0 Å². The third kappa shape index (κ3) is 4.35. The lowest BCUT2D eigenvalue weighted by Gasteiger charge is -2.27. The van der Waals surface area contributed by atoms with Gasteiger partial charge in [0.1, 0.15) is 11.4 Å². The van der Waals surface area contributed by atoms with Crippen molar-refractivity contribution in [2.75, 3.05) is 13.2 Å². The van der Waals surface area contributed by atoms with Gasteiger partial charge in [0.05, 0.1) is 6.61 Å². The first-order chi connectivity index (χ1) is 14.6. The Balaban J connectivity index is 1.39. The van der Waals surface area contributed by atoms with E-state index >= 15 is 0 Å². The second-order valence-corrected chi connectivity index (χ2v) is 7.12. The molecule has 0 atom stereocenters. The fourth-order valence-electron chi connectivity index (χ4n) is 3.44. The summed E-state index contributed by atoms with van der Waals surface area (Å²) < 4.78 is 7.18. The molecule has 3 aromatic rings. The van der Waals surface area contributed by atoms with Gasteiger partial charge in [-0.3, -0.25) is 9.59 Å². The monoisotopic (exact) mass is 404 g/mol. The van der Waals surface area contributed by atoms with Crippen LogP contribution in [-0.2, 0) is 19.6 Å². The maximum absolute atomic E-state index is 12.8. The van der Waals surface area contributed by atoms with E-state index in [4.69, 9.17) is 4.74 Å². The molecule has 2 aromatic carbocycles. The van der Waals surface area contributed by atoms with Crippen LogP contribution in [-0.4, -0.2) is 39.4 Å². The van der Waals surface area contributed by atoms with Crippen molar-refractivity contribution in [2.45, 2.75) is 26.6 Å². The van der Waals surface area contributed by atoms with E-state index in [1.807, 2.05) is 61.5 Å². The number of benzene rings is 2. The second-order valence-electron chi connectivity index (χ2n) is 7.12. The Morgan fingerprint density at radius 1 is 1.07 bits per heavy atom. The van der Waals surface area contributed by atoms with Crippen LogP contribution < -0.4 is 10.1 Å². The van der Waals surface area contributed by atoms with E-state index in [-0.39, 0.29) is 17.5 Å². The van der Waals surface area contributed by atoms with Crippen LogP contribution in [0.4, 0.5) is 0 Å². The highest BCUT2D eigenvalue weighted by molar-refractivity contribution is 5.96. The molecule has 0 saturated heterocycles. The van der Waals surface area contributed by atoms with Gasteiger partial charge in [-0.05, 0) is 30.2 Å². The van der Waals surface area contributed by atoms with Crippen LogP contribution in [0.5, 0.6) is 5.75 Å². The number of ether oxygens (including phenoxy) is 1. The van der Waals surface area contributed by atoms with Gasteiger partial charge in [0.25, 0.3) is 11.8 Å². The minimum atomic E-state index is -0.298. The van der Waals surface area contributed by atoms with Crippen molar-refractivity contribution in [3.8, 4) is 5.75 Å². The fourth-order valence-corrected chi connectivity index (χ4v) is 3.44. The van der Waals surface area contributed by atoms with Gasteiger partial charge < -0.3 is 19.5 Å². The normalized spacial score (nSPS) is 13.1. The Kier molecular flexibility index (Phi) is 5.79. The average Bonchev–Trinajstić information content (AvgIpc) is 3.21. The van der Waals surface area contributed by atoms with Crippen molar-refractivity contribution < 1.29 is 14.3 Å². The molecule has 0 spiro atoms. The van der Waals surface area contributed by atoms with Crippen molar-refractivity contribution in [2.24, 2.45) is 0 Å². The highest BCUT2D eigenvalue weighted by Gasteiger charge is 2.28. The smallest absolute Gasteiger partial charge is 0.290 e. The molecule has 0 aliphatic carbocycles. The minimum Gasteiger partial charge on any atom is -0.494 e. The molecule has 154 valence electrons. The first kappa shape index (κ1) is 19.7. The SMILES string of the molecule is CCOc1ccc(CNC(=O)c2cn3c(n2)C(=O)N(Cc2ccccc2)CC3)cc1.